The first-order valence-corrected chi connectivity index (χ1v) is 7.81. The van der Waals surface area contributed by atoms with Gasteiger partial charge in [-0.3, -0.25) is 4.98 Å². The molecule has 5 heteroatoms. The van der Waals surface area contributed by atoms with Crippen molar-refractivity contribution < 1.29 is 4.74 Å². The van der Waals surface area contributed by atoms with Crippen LogP contribution in [-0.4, -0.2) is 22.6 Å². The van der Waals surface area contributed by atoms with E-state index in [2.05, 4.69) is 15.3 Å². The second-order valence-electron chi connectivity index (χ2n) is 5.05. The predicted octanol–water partition coefficient (Wildman–Crippen LogP) is 2.86. The van der Waals surface area contributed by atoms with Crippen LogP contribution in [0.5, 0.6) is 0 Å². The lowest BCUT2D eigenvalue weighted by Gasteiger charge is -2.32. The Morgan fingerprint density at radius 3 is 3.00 bits per heavy atom. The van der Waals surface area contributed by atoms with Gasteiger partial charge in [0.05, 0.1) is 11.1 Å². The third-order valence-corrected chi connectivity index (χ3v) is 4.48. The van der Waals surface area contributed by atoms with Gasteiger partial charge in [0.1, 0.15) is 0 Å². The summed E-state index contributed by atoms with van der Waals surface area (Å²) in [7, 11) is 0. The maximum atomic E-state index is 5.97. The summed E-state index contributed by atoms with van der Waals surface area (Å²) in [6.45, 7) is 3.74. The molecule has 2 aromatic heterocycles. The molecule has 0 spiro atoms. The maximum absolute atomic E-state index is 5.97. The summed E-state index contributed by atoms with van der Waals surface area (Å²) in [6.07, 6.45) is 8.00. The molecule has 1 aliphatic heterocycles. The number of thiazole rings is 1. The molecule has 0 aromatic carbocycles. The molecule has 1 fully saturated rings. The van der Waals surface area contributed by atoms with E-state index in [9.17, 15) is 0 Å². The SMILES string of the molecule is Cc1ncc(CN[C@H]2CCCO[C@@H]2c2ccncc2)s1. The molecular formula is C15H19N3OS. The summed E-state index contributed by atoms with van der Waals surface area (Å²) >= 11 is 1.75. The minimum absolute atomic E-state index is 0.126. The molecule has 2 atom stereocenters. The number of pyridine rings is 1. The first-order valence-electron chi connectivity index (χ1n) is 6.99. The third kappa shape index (κ3) is 3.23. The van der Waals surface area contributed by atoms with Crippen LogP contribution < -0.4 is 5.32 Å². The largest absolute Gasteiger partial charge is 0.372 e. The zero-order valence-electron chi connectivity index (χ0n) is 11.6. The van der Waals surface area contributed by atoms with Gasteiger partial charge in [-0.2, -0.15) is 0 Å². The molecule has 0 saturated carbocycles. The fourth-order valence-electron chi connectivity index (χ4n) is 2.59. The zero-order valence-corrected chi connectivity index (χ0v) is 12.4. The summed E-state index contributed by atoms with van der Waals surface area (Å²) in [6, 6.07) is 4.44. The number of ether oxygens (including phenoxy) is 1. The van der Waals surface area contributed by atoms with Gasteiger partial charge in [0.25, 0.3) is 0 Å². The molecule has 1 saturated heterocycles. The Labute approximate surface area is 123 Å². The Morgan fingerprint density at radius 1 is 1.40 bits per heavy atom. The van der Waals surface area contributed by atoms with Gasteiger partial charge in [0.2, 0.25) is 0 Å². The molecule has 2 aromatic rings. The van der Waals surface area contributed by atoms with Crippen LogP contribution in [0.2, 0.25) is 0 Å². The smallest absolute Gasteiger partial charge is 0.0978 e. The normalized spacial score (nSPS) is 22.9. The number of aromatic nitrogens is 2. The standard InChI is InChI=1S/C15H19N3OS/c1-11-17-9-13(20-11)10-18-14-3-2-8-19-15(14)12-4-6-16-7-5-12/h4-7,9,14-15,18H,2-3,8,10H2,1H3/t14-,15+/m0/s1. The van der Waals surface area contributed by atoms with E-state index in [1.54, 1.807) is 11.3 Å². The number of nitrogens with one attached hydrogen (secondary N) is 1. The highest BCUT2D eigenvalue weighted by Crippen LogP contribution is 2.28. The van der Waals surface area contributed by atoms with Gasteiger partial charge < -0.3 is 10.1 Å². The van der Waals surface area contributed by atoms with Crippen LogP contribution in [0, 0.1) is 6.92 Å². The highest BCUT2D eigenvalue weighted by Gasteiger charge is 2.27. The van der Waals surface area contributed by atoms with Crippen molar-refractivity contribution >= 4 is 11.3 Å². The van der Waals surface area contributed by atoms with E-state index in [1.807, 2.05) is 37.6 Å². The van der Waals surface area contributed by atoms with E-state index in [0.717, 1.165) is 31.0 Å². The lowest BCUT2D eigenvalue weighted by Crippen LogP contribution is -2.39. The summed E-state index contributed by atoms with van der Waals surface area (Å²) in [5.41, 5.74) is 1.21. The maximum Gasteiger partial charge on any atom is 0.0978 e. The molecule has 0 bridgehead atoms. The Hall–Kier alpha value is -1.30. The van der Waals surface area contributed by atoms with Crippen LogP contribution in [-0.2, 0) is 11.3 Å². The summed E-state index contributed by atoms with van der Waals surface area (Å²) in [5, 5.41) is 4.74. The monoisotopic (exact) mass is 289 g/mol. The van der Waals surface area contributed by atoms with Crippen LogP contribution >= 0.6 is 11.3 Å². The lowest BCUT2D eigenvalue weighted by atomic mass is 9.96. The molecule has 0 amide bonds. The molecule has 1 N–H and O–H groups in total. The van der Waals surface area contributed by atoms with Crippen LogP contribution in [0.25, 0.3) is 0 Å². The molecule has 3 rings (SSSR count). The van der Waals surface area contributed by atoms with Crippen molar-refractivity contribution in [1.82, 2.24) is 15.3 Å². The first-order chi connectivity index (χ1) is 9.83. The Kier molecular flexibility index (Phi) is 4.40. The summed E-state index contributed by atoms with van der Waals surface area (Å²) < 4.78 is 5.97. The summed E-state index contributed by atoms with van der Waals surface area (Å²) in [5.74, 6) is 0. The lowest BCUT2D eigenvalue weighted by molar-refractivity contribution is -0.0111. The fourth-order valence-corrected chi connectivity index (χ4v) is 3.34. The van der Waals surface area contributed by atoms with Gasteiger partial charge in [0.15, 0.2) is 0 Å². The van der Waals surface area contributed by atoms with Crippen molar-refractivity contribution in [1.29, 1.82) is 0 Å². The van der Waals surface area contributed by atoms with Gasteiger partial charge in [-0.25, -0.2) is 4.98 Å². The molecule has 106 valence electrons. The molecule has 0 unspecified atom stereocenters. The van der Waals surface area contributed by atoms with Crippen LogP contribution in [0.1, 0.15) is 34.4 Å². The molecule has 20 heavy (non-hydrogen) atoms. The fraction of sp³-hybridized carbons (Fsp3) is 0.467. The first kappa shape index (κ1) is 13.7. The van der Waals surface area contributed by atoms with Crippen LogP contribution in [0.4, 0.5) is 0 Å². The number of hydrogen-bond acceptors (Lipinski definition) is 5. The van der Waals surface area contributed by atoms with E-state index in [0.29, 0.717) is 6.04 Å². The predicted molar refractivity (Wildman–Crippen MR) is 79.6 cm³/mol. The quantitative estimate of drug-likeness (QED) is 0.940. The van der Waals surface area contributed by atoms with Gasteiger partial charge in [-0.05, 0) is 37.5 Å². The molecule has 4 nitrogen and oxygen atoms in total. The van der Waals surface area contributed by atoms with E-state index in [-0.39, 0.29) is 6.10 Å². The minimum Gasteiger partial charge on any atom is -0.372 e. The molecule has 1 aliphatic rings. The van der Waals surface area contributed by atoms with Crippen molar-refractivity contribution in [3.63, 3.8) is 0 Å². The minimum atomic E-state index is 0.126. The second kappa shape index (κ2) is 6.43. The average Bonchev–Trinajstić information content (AvgIpc) is 2.92. The van der Waals surface area contributed by atoms with E-state index in [1.165, 1.54) is 10.4 Å². The van der Waals surface area contributed by atoms with E-state index >= 15 is 0 Å². The number of nitrogens with zero attached hydrogens (tertiary/aromatic N) is 2. The number of rotatable bonds is 4. The Balaban J connectivity index is 1.66. The Bertz CT molecular complexity index is 543. The second-order valence-corrected chi connectivity index (χ2v) is 6.37. The topological polar surface area (TPSA) is 47.0 Å². The molecular weight excluding hydrogens is 270 g/mol. The van der Waals surface area contributed by atoms with Crippen LogP contribution in [0.15, 0.2) is 30.7 Å². The van der Waals surface area contributed by atoms with Crippen molar-refractivity contribution in [2.75, 3.05) is 6.61 Å². The van der Waals surface area contributed by atoms with Gasteiger partial charge in [-0.1, -0.05) is 0 Å². The summed E-state index contributed by atoms with van der Waals surface area (Å²) in [4.78, 5) is 9.65. The van der Waals surface area contributed by atoms with Crippen molar-refractivity contribution in [3.05, 3.63) is 46.2 Å². The van der Waals surface area contributed by atoms with Crippen molar-refractivity contribution in [2.24, 2.45) is 0 Å². The highest BCUT2D eigenvalue weighted by atomic mass is 32.1. The van der Waals surface area contributed by atoms with E-state index < -0.39 is 0 Å². The highest BCUT2D eigenvalue weighted by molar-refractivity contribution is 7.11. The van der Waals surface area contributed by atoms with Gasteiger partial charge >= 0.3 is 0 Å². The third-order valence-electron chi connectivity index (χ3n) is 3.56. The van der Waals surface area contributed by atoms with Crippen molar-refractivity contribution in [2.45, 2.75) is 38.5 Å². The molecule has 0 radical (unpaired) electrons. The zero-order chi connectivity index (χ0) is 13.8. The average molecular weight is 289 g/mol. The van der Waals surface area contributed by atoms with E-state index in [4.69, 9.17) is 4.74 Å². The number of aryl methyl sites for hydroxylation is 1. The van der Waals surface area contributed by atoms with Crippen molar-refractivity contribution in [3.8, 4) is 0 Å². The Morgan fingerprint density at radius 2 is 2.25 bits per heavy atom. The van der Waals surface area contributed by atoms with Gasteiger partial charge in [0, 0.05) is 42.7 Å². The molecule has 0 aliphatic carbocycles. The molecule has 3 heterocycles. The van der Waals surface area contributed by atoms with Gasteiger partial charge in [-0.15, -0.1) is 11.3 Å². The van der Waals surface area contributed by atoms with Crippen LogP contribution in [0.3, 0.4) is 0 Å². The number of hydrogen-bond donors (Lipinski definition) is 1.